The number of rotatable bonds is 10. The fraction of sp³-hybridized carbons (Fsp3) is 0.344. The Morgan fingerprint density at radius 2 is 1.95 bits per heavy atom. The summed E-state index contributed by atoms with van der Waals surface area (Å²) in [7, 11) is 0. The molecule has 2 aliphatic heterocycles. The second kappa shape index (κ2) is 12.2. The number of carboxylic acids is 1. The Kier molecular flexibility index (Phi) is 8.04. The van der Waals surface area contributed by atoms with Crippen molar-refractivity contribution in [2.45, 2.75) is 51.2 Å². The highest BCUT2D eigenvalue weighted by Crippen LogP contribution is 2.26. The molecule has 6 rings (SSSR count). The van der Waals surface area contributed by atoms with Crippen LogP contribution < -0.4 is 9.47 Å². The monoisotopic (exact) mass is 570 g/mol. The van der Waals surface area contributed by atoms with E-state index >= 15 is 0 Å². The van der Waals surface area contributed by atoms with Gasteiger partial charge < -0.3 is 23.9 Å². The Bertz CT molecular complexity index is 1640. The molecule has 0 amide bonds. The van der Waals surface area contributed by atoms with Crippen LogP contribution in [0.25, 0.3) is 11.0 Å². The number of imidazole rings is 1. The average Bonchev–Trinajstić information content (AvgIpc) is 3.31. The van der Waals surface area contributed by atoms with Crippen molar-refractivity contribution in [1.29, 1.82) is 5.26 Å². The zero-order valence-corrected chi connectivity index (χ0v) is 23.0. The van der Waals surface area contributed by atoms with Crippen molar-refractivity contribution in [3.05, 3.63) is 89.0 Å². The van der Waals surface area contributed by atoms with Crippen molar-refractivity contribution in [2.24, 2.45) is 0 Å². The van der Waals surface area contributed by atoms with Crippen LogP contribution in [0.2, 0.25) is 0 Å². The molecule has 1 aromatic heterocycles. The van der Waals surface area contributed by atoms with Gasteiger partial charge in [-0.15, -0.1) is 0 Å². The van der Waals surface area contributed by atoms with Crippen molar-refractivity contribution < 1.29 is 28.5 Å². The van der Waals surface area contributed by atoms with Gasteiger partial charge >= 0.3 is 5.97 Å². The molecule has 3 aromatic carbocycles. The zero-order valence-electron chi connectivity index (χ0n) is 23.0. The summed E-state index contributed by atoms with van der Waals surface area (Å²) in [5, 5.41) is 18.7. The second-order valence-electron chi connectivity index (χ2n) is 10.7. The molecule has 216 valence electrons. The first-order valence-electron chi connectivity index (χ1n) is 14.1. The van der Waals surface area contributed by atoms with E-state index in [0.717, 1.165) is 73.2 Å². The maximum absolute atomic E-state index is 13.4. The van der Waals surface area contributed by atoms with Gasteiger partial charge in [0.1, 0.15) is 41.9 Å². The third-order valence-corrected chi connectivity index (χ3v) is 7.81. The Morgan fingerprint density at radius 3 is 2.69 bits per heavy atom. The third-order valence-electron chi connectivity index (χ3n) is 7.81. The highest BCUT2D eigenvalue weighted by molar-refractivity contribution is 5.92. The van der Waals surface area contributed by atoms with E-state index in [1.807, 2.05) is 30.3 Å². The smallest absolute Gasteiger partial charge is 0.335 e. The van der Waals surface area contributed by atoms with Crippen molar-refractivity contribution in [1.82, 2.24) is 14.5 Å². The van der Waals surface area contributed by atoms with Gasteiger partial charge in [0, 0.05) is 19.7 Å². The Morgan fingerprint density at radius 1 is 1.12 bits per heavy atom. The van der Waals surface area contributed by atoms with Gasteiger partial charge in [0.05, 0.1) is 41.4 Å². The topological polar surface area (TPSA) is 110 Å². The van der Waals surface area contributed by atoms with E-state index in [2.05, 4.69) is 9.47 Å². The van der Waals surface area contributed by atoms with Crippen LogP contribution in [-0.2, 0) is 24.4 Å². The summed E-state index contributed by atoms with van der Waals surface area (Å²) in [6.07, 6.45) is 2.90. The average molecular weight is 571 g/mol. The number of aromatic carboxylic acids is 1. The van der Waals surface area contributed by atoms with Gasteiger partial charge in [-0.2, -0.15) is 5.26 Å². The van der Waals surface area contributed by atoms with Gasteiger partial charge in [-0.25, -0.2) is 14.2 Å². The SMILES string of the molecule is N#Cc1cc(F)ccc1OCc1cccc(OC2CCN(Cc3nc4ccc(C(=O)O)cc4n3C[C@@H]3CCO3)CC2)c1. The molecule has 0 aliphatic carbocycles. The highest BCUT2D eigenvalue weighted by atomic mass is 19.1. The lowest BCUT2D eigenvalue weighted by Crippen LogP contribution is -2.39. The summed E-state index contributed by atoms with van der Waals surface area (Å²) >= 11 is 0. The second-order valence-corrected chi connectivity index (χ2v) is 10.7. The Balaban J connectivity index is 1.06. The van der Waals surface area contributed by atoms with Crippen molar-refractivity contribution in [3.8, 4) is 17.6 Å². The minimum absolute atomic E-state index is 0.0695. The number of ether oxygens (including phenoxy) is 3. The number of aromatic nitrogens is 2. The zero-order chi connectivity index (χ0) is 29.1. The van der Waals surface area contributed by atoms with E-state index < -0.39 is 11.8 Å². The summed E-state index contributed by atoms with van der Waals surface area (Å²) in [5.74, 6) is 0.582. The van der Waals surface area contributed by atoms with Crippen molar-refractivity contribution in [3.63, 3.8) is 0 Å². The number of benzene rings is 3. The van der Waals surface area contributed by atoms with Gasteiger partial charge in [-0.05, 0) is 73.4 Å². The maximum Gasteiger partial charge on any atom is 0.335 e. The lowest BCUT2D eigenvalue weighted by molar-refractivity contribution is -0.0592. The van der Waals surface area contributed by atoms with Crippen molar-refractivity contribution in [2.75, 3.05) is 19.7 Å². The summed E-state index contributed by atoms with van der Waals surface area (Å²) < 4.78 is 33.3. The minimum Gasteiger partial charge on any atom is -0.490 e. The van der Waals surface area contributed by atoms with E-state index in [0.29, 0.717) is 18.8 Å². The molecular formula is C32H31FN4O5. The third kappa shape index (κ3) is 6.22. The Hall–Kier alpha value is -4.46. The number of nitriles is 1. The largest absolute Gasteiger partial charge is 0.490 e. The van der Waals surface area contributed by atoms with Crippen LogP contribution in [-0.4, -0.2) is 57.4 Å². The standard InChI is InChI=1S/C32H31FN4O5/c33-24-5-7-30(23(15-24)17-34)41-20-21-2-1-3-26(14-21)42-25-8-11-36(12-9-25)19-31-35-28-6-4-22(32(38)39)16-29(28)37(31)18-27-10-13-40-27/h1-7,14-16,25,27H,8-13,18-20H2,(H,38,39)/t27-/m0/s1. The quantitative estimate of drug-likeness (QED) is 0.279. The summed E-state index contributed by atoms with van der Waals surface area (Å²) in [4.78, 5) is 18.8. The maximum atomic E-state index is 13.4. The lowest BCUT2D eigenvalue weighted by atomic mass is 10.1. The predicted octanol–water partition coefficient (Wildman–Crippen LogP) is 5.16. The van der Waals surface area contributed by atoms with Gasteiger partial charge in [0.15, 0.2) is 0 Å². The molecule has 2 aliphatic rings. The number of hydrogen-bond acceptors (Lipinski definition) is 7. The normalized spacial score (nSPS) is 17.5. The van der Waals surface area contributed by atoms with Crippen LogP contribution in [0.5, 0.6) is 11.5 Å². The van der Waals surface area contributed by atoms with E-state index in [-0.39, 0.29) is 29.9 Å². The van der Waals surface area contributed by atoms with Crippen LogP contribution >= 0.6 is 0 Å². The lowest BCUT2D eigenvalue weighted by Gasteiger charge is -2.32. The molecule has 42 heavy (non-hydrogen) atoms. The van der Waals surface area contributed by atoms with E-state index in [4.69, 9.17) is 19.2 Å². The van der Waals surface area contributed by atoms with Crippen LogP contribution in [0.1, 0.15) is 46.6 Å². The number of likely N-dealkylation sites (tertiary alicyclic amines) is 1. The molecule has 3 heterocycles. The molecule has 4 aromatic rings. The molecule has 0 radical (unpaired) electrons. The first kappa shape index (κ1) is 27.7. The number of fused-ring (bicyclic) bond motifs is 1. The molecular weight excluding hydrogens is 539 g/mol. The number of piperidine rings is 1. The van der Waals surface area contributed by atoms with Crippen LogP contribution in [0.4, 0.5) is 4.39 Å². The highest BCUT2D eigenvalue weighted by Gasteiger charge is 2.26. The fourth-order valence-corrected chi connectivity index (χ4v) is 5.43. The minimum atomic E-state index is -0.952. The van der Waals surface area contributed by atoms with Gasteiger partial charge in [-0.1, -0.05) is 12.1 Å². The summed E-state index contributed by atoms with van der Waals surface area (Å²) in [6, 6.07) is 18.6. The molecule has 0 unspecified atom stereocenters. The number of hydrogen-bond donors (Lipinski definition) is 1. The number of nitrogens with zero attached hydrogens (tertiary/aromatic N) is 4. The van der Waals surface area contributed by atoms with E-state index in [9.17, 15) is 19.6 Å². The van der Waals surface area contributed by atoms with E-state index in [1.54, 1.807) is 18.2 Å². The number of carbonyl (C=O) groups is 1. The predicted molar refractivity (Wildman–Crippen MR) is 152 cm³/mol. The molecule has 0 bridgehead atoms. The molecule has 0 saturated carbocycles. The summed E-state index contributed by atoms with van der Waals surface area (Å²) in [5.41, 5.74) is 2.91. The van der Waals surface area contributed by atoms with E-state index in [1.165, 1.54) is 12.1 Å². The molecule has 0 spiro atoms. The van der Waals surface area contributed by atoms with Crippen LogP contribution in [0.3, 0.4) is 0 Å². The molecule has 9 nitrogen and oxygen atoms in total. The van der Waals surface area contributed by atoms with Crippen LogP contribution in [0, 0.1) is 17.1 Å². The molecule has 10 heteroatoms. The molecule has 2 saturated heterocycles. The first-order chi connectivity index (χ1) is 20.4. The van der Waals surface area contributed by atoms with Crippen molar-refractivity contribution >= 4 is 17.0 Å². The summed E-state index contributed by atoms with van der Waals surface area (Å²) in [6.45, 7) is 4.01. The van der Waals surface area contributed by atoms with Gasteiger partial charge in [-0.3, -0.25) is 4.90 Å². The number of carboxylic acid groups (broad SMARTS) is 1. The first-order valence-corrected chi connectivity index (χ1v) is 14.1. The van der Waals surface area contributed by atoms with Gasteiger partial charge in [0.2, 0.25) is 0 Å². The molecule has 1 N–H and O–H groups in total. The molecule has 2 fully saturated rings. The van der Waals surface area contributed by atoms with Gasteiger partial charge in [0.25, 0.3) is 0 Å². The van der Waals surface area contributed by atoms with Crippen LogP contribution in [0.15, 0.2) is 60.7 Å². The Labute approximate surface area is 242 Å². The number of halogens is 1. The fourth-order valence-electron chi connectivity index (χ4n) is 5.43. The molecule has 1 atom stereocenters.